The molecule has 2 unspecified atom stereocenters. The molecule has 2 atom stereocenters. The standard InChI is InChI=1S/C9H20O2Si2/c1-13(11-12)9(7-10-9)8-5-3-2-4-6-8/h8,13H,2-7H2,1,12H3. The second kappa shape index (κ2) is 3.84. The Balaban J connectivity index is 1.97. The minimum absolute atomic E-state index is 0.280. The Morgan fingerprint density at radius 1 is 1.38 bits per heavy atom. The zero-order chi connectivity index (χ0) is 9.31. The van der Waals surface area contributed by atoms with Crippen molar-refractivity contribution in [2.45, 2.75) is 43.9 Å². The number of ether oxygens (including phenoxy) is 1. The van der Waals surface area contributed by atoms with E-state index in [1.54, 1.807) is 0 Å². The highest BCUT2D eigenvalue weighted by Gasteiger charge is 2.56. The van der Waals surface area contributed by atoms with Crippen LogP contribution >= 0.6 is 0 Å². The van der Waals surface area contributed by atoms with Crippen molar-refractivity contribution in [2.24, 2.45) is 5.92 Å². The second-order valence-corrected chi connectivity index (χ2v) is 8.60. The quantitative estimate of drug-likeness (QED) is 0.507. The lowest BCUT2D eigenvalue weighted by Crippen LogP contribution is -2.42. The first-order valence-corrected chi connectivity index (χ1v) is 8.48. The SMILES string of the molecule is C[SiH](O[SiH3])C1(C2CCCCC2)CO1. The van der Waals surface area contributed by atoms with Gasteiger partial charge in [-0.1, -0.05) is 19.3 Å². The van der Waals surface area contributed by atoms with Gasteiger partial charge in [-0.25, -0.2) is 0 Å². The van der Waals surface area contributed by atoms with Crippen molar-refractivity contribution in [1.29, 1.82) is 0 Å². The maximum Gasteiger partial charge on any atom is 0.196 e. The molecule has 1 saturated carbocycles. The molecule has 2 aliphatic rings. The van der Waals surface area contributed by atoms with Gasteiger partial charge in [0.15, 0.2) is 9.04 Å². The molecule has 0 spiro atoms. The van der Waals surface area contributed by atoms with Crippen LogP contribution in [0.15, 0.2) is 0 Å². The monoisotopic (exact) mass is 216 g/mol. The van der Waals surface area contributed by atoms with E-state index in [1.807, 2.05) is 0 Å². The van der Waals surface area contributed by atoms with Gasteiger partial charge in [0.05, 0.1) is 6.61 Å². The summed E-state index contributed by atoms with van der Waals surface area (Å²) in [6.07, 6.45) is 7.05. The molecule has 2 nitrogen and oxygen atoms in total. The van der Waals surface area contributed by atoms with E-state index in [2.05, 4.69) is 6.55 Å². The molecule has 0 aromatic carbocycles. The van der Waals surface area contributed by atoms with Crippen molar-refractivity contribution in [1.82, 2.24) is 0 Å². The van der Waals surface area contributed by atoms with Crippen LogP contribution in [0.3, 0.4) is 0 Å². The molecule has 0 amide bonds. The van der Waals surface area contributed by atoms with E-state index >= 15 is 0 Å². The van der Waals surface area contributed by atoms with Crippen LogP contribution in [0.25, 0.3) is 0 Å². The van der Waals surface area contributed by atoms with Crippen LogP contribution in [0.2, 0.25) is 6.55 Å². The van der Waals surface area contributed by atoms with Crippen LogP contribution in [0.5, 0.6) is 0 Å². The first kappa shape index (κ1) is 9.89. The van der Waals surface area contributed by atoms with Crippen LogP contribution in [0.4, 0.5) is 0 Å². The lowest BCUT2D eigenvalue weighted by atomic mass is 9.87. The van der Waals surface area contributed by atoms with E-state index in [1.165, 1.54) is 32.1 Å². The second-order valence-electron chi connectivity index (χ2n) is 4.46. The van der Waals surface area contributed by atoms with E-state index < -0.39 is 9.04 Å². The molecule has 0 aromatic heterocycles. The maximum atomic E-state index is 5.75. The van der Waals surface area contributed by atoms with Gasteiger partial charge in [-0.15, -0.1) is 0 Å². The van der Waals surface area contributed by atoms with Gasteiger partial charge in [-0.2, -0.15) is 0 Å². The van der Waals surface area contributed by atoms with Gasteiger partial charge in [0, 0.05) is 0 Å². The van der Waals surface area contributed by atoms with E-state index in [9.17, 15) is 0 Å². The van der Waals surface area contributed by atoms with Crippen molar-refractivity contribution < 1.29 is 8.85 Å². The minimum Gasteiger partial charge on any atom is -0.464 e. The average molecular weight is 216 g/mol. The number of hydrogen-bond acceptors (Lipinski definition) is 2. The van der Waals surface area contributed by atoms with E-state index in [4.69, 9.17) is 8.85 Å². The molecule has 0 N–H and O–H groups in total. The third-order valence-corrected chi connectivity index (χ3v) is 8.82. The molecule has 0 aromatic rings. The Bertz CT molecular complexity index is 176. The summed E-state index contributed by atoms with van der Waals surface area (Å²) in [5.74, 6) is 0.844. The fourth-order valence-electron chi connectivity index (χ4n) is 2.68. The van der Waals surface area contributed by atoms with Gasteiger partial charge in [0.2, 0.25) is 0 Å². The van der Waals surface area contributed by atoms with Crippen molar-refractivity contribution in [2.75, 3.05) is 6.61 Å². The molecule has 0 bridgehead atoms. The maximum absolute atomic E-state index is 5.75. The molecular weight excluding hydrogens is 196 g/mol. The van der Waals surface area contributed by atoms with Crippen LogP contribution in [0, 0.1) is 5.92 Å². The Labute approximate surface area is 85.3 Å². The summed E-state index contributed by atoms with van der Waals surface area (Å²) >= 11 is 0. The average Bonchev–Trinajstić information content (AvgIpc) is 2.99. The molecule has 76 valence electrons. The number of epoxide rings is 1. The fraction of sp³-hybridized carbons (Fsp3) is 1.00. The van der Waals surface area contributed by atoms with E-state index in [-0.39, 0.29) is 5.22 Å². The van der Waals surface area contributed by atoms with Gasteiger partial charge < -0.3 is 8.85 Å². The summed E-state index contributed by atoms with van der Waals surface area (Å²) in [5, 5.41) is 0.280. The third kappa shape index (κ3) is 1.77. The summed E-state index contributed by atoms with van der Waals surface area (Å²) in [6.45, 7) is 3.32. The first-order valence-electron chi connectivity index (χ1n) is 5.46. The predicted octanol–water partition coefficient (Wildman–Crippen LogP) is 0.525. The zero-order valence-corrected chi connectivity index (χ0v) is 11.9. The Morgan fingerprint density at radius 2 is 2.00 bits per heavy atom. The van der Waals surface area contributed by atoms with Crippen LogP contribution < -0.4 is 0 Å². The summed E-state index contributed by atoms with van der Waals surface area (Å²) < 4.78 is 11.4. The molecule has 2 fully saturated rings. The Morgan fingerprint density at radius 3 is 2.46 bits per heavy atom. The van der Waals surface area contributed by atoms with Gasteiger partial charge >= 0.3 is 0 Å². The minimum atomic E-state index is -1.01. The molecule has 1 aliphatic carbocycles. The van der Waals surface area contributed by atoms with E-state index in [0.29, 0.717) is 0 Å². The van der Waals surface area contributed by atoms with Crippen LogP contribution in [-0.4, -0.2) is 31.4 Å². The third-order valence-electron chi connectivity index (χ3n) is 3.82. The van der Waals surface area contributed by atoms with E-state index in [0.717, 1.165) is 23.0 Å². The lowest BCUT2D eigenvalue weighted by Gasteiger charge is -2.30. The van der Waals surface area contributed by atoms with Crippen LogP contribution in [0.1, 0.15) is 32.1 Å². The van der Waals surface area contributed by atoms with Gasteiger partial charge in [-0.3, -0.25) is 0 Å². The predicted molar refractivity (Wildman–Crippen MR) is 59.3 cm³/mol. The van der Waals surface area contributed by atoms with Gasteiger partial charge in [0.25, 0.3) is 0 Å². The van der Waals surface area contributed by atoms with Gasteiger partial charge in [-0.05, 0) is 25.3 Å². The Kier molecular flexibility index (Phi) is 2.92. The molecule has 4 heteroatoms. The van der Waals surface area contributed by atoms with Crippen molar-refractivity contribution in [3.8, 4) is 0 Å². The number of rotatable bonds is 3. The highest BCUT2D eigenvalue weighted by atomic mass is 28.3. The Hall–Kier alpha value is 0.354. The van der Waals surface area contributed by atoms with Crippen LogP contribution in [-0.2, 0) is 8.85 Å². The topological polar surface area (TPSA) is 21.8 Å². The molecule has 1 saturated heterocycles. The normalized spacial score (nSPS) is 37.6. The summed E-state index contributed by atoms with van der Waals surface area (Å²) in [6, 6.07) is 0. The highest BCUT2D eigenvalue weighted by Crippen LogP contribution is 2.45. The molecule has 1 aliphatic heterocycles. The summed E-state index contributed by atoms with van der Waals surface area (Å²) in [7, 11) is -0.117. The summed E-state index contributed by atoms with van der Waals surface area (Å²) in [5.41, 5.74) is 0. The van der Waals surface area contributed by atoms with Crippen molar-refractivity contribution in [3.63, 3.8) is 0 Å². The fourth-order valence-corrected chi connectivity index (χ4v) is 5.82. The zero-order valence-electron chi connectivity index (χ0n) is 8.71. The summed E-state index contributed by atoms with van der Waals surface area (Å²) in [4.78, 5) is 0. The van der Waals surface area contributed by atoms with Gasteiger partial charge in [0.1, 0.15) is 15.7 Å². The molecule has 1 heterocycles. The smallest absolute Gasteiger partial charge is 0.196 e. The molecule has 13 heavy (non-hydrogen) atoms. The molecule has 2 rings (SSSR count). The first-order chi connectivity index (χ1) is 6.29. The largest absolute Gasteiger partial charge is 0.464 e. The lowest BCUT2D eigenvalue weighted by molar-refractivity contribution is 0.221. The molecular formula is C9H20O2Si2. The molecule has 0 radical (unpaired) electrons. The number of hydrogen-bond donors (Lipinski definition) is 0. The highest BCUT2D eigenvalue weighted by molar-refractivity contribution is 6.58. The van der Waals surface area contributed by atoms with Crippen molar-refractivity contribution in [3.05, 3.63) is 0 Å². The van der Waals surface area contributed by atoms with Crippen molar-refractivity contribution >= 4 is 19.5 Å².